The van der Waals surface area contributed by atoms with Gasteiger partial charge in [0.15, 0.2) is 0 Å². The smallest absolute Gasteiger partial charge is 0.385 e. The summed E-state index contributed by atoms with van der Waals surface area (Å²) in [5.74, 6) is 0. The normalized spacial score (nSPS) is 11.4. The van der Waals surface area contributed by atoms with Gasteiger partial charge in [0.2, 0.25) is 0 Å². The summed E-state index contributed by atoms with van der Waals surface area (Å²) in [4.78, 5) is 2.02. The average Bonchev–Trinajstić information content (AvgIpc) is 2.32. The van der Waals surface area contributed by atoms with Crippen molar-refractivity contribution in [3.8, 4) is 6.07 Å². The molecular weight excluding hydrogens is 255 g/mol. The predicted molar refractivity (Wildman–Crippen MR) is 67.8 cm³/mol. The third-order valence-electron chi connectivity index (χ3n) is 2.56. The number of anilines is 1. The van der Waals surface area contributed by atoms with Crippen molar-refractivity contribution < 1.29 is 13.2 Å². The summed E-state index contributed by atoms with van der Waals surface area (Å²) in [6.45, 7) is 1.53. The Morgan fingerprint density at radius 2 is 2.00 bits per heavy atom. The molecule has 0 fully saturated rings. The molecule has 1 rings (SSSR count). The summed E-state index contributed by atoms with van der Waals surface area (Å²) in [6.07, 6.45) is -3.62. The lowest BCUT2D eigenvalue weighted by atomic mass is 10.1. The molecule has 0 heterocycles. The van der Waals surface area contributed by atoms with Crippen molar-refractivity contribution in [3.05, 3.63) is 29.3 Å². The van der Waals surface area contributed by atoms with Crippen LogP contribution in [0.4, 0.5) is 18.9 Å². The molecule has 0 aliphatic carbocycles. The Bertz CT molecular complexity index is 461. The van der Waals surface area contributed by atoms with Gasteiger partial charge in [-0.1, -0.05) is 0 Å². The summed E-state index contributed by atoms with van der Waals surface area (Å²) >= 11 is 0. The van der Waals surface area contributed by atoms with E-state index in [9.17, 15) is 13.2 Å². The zero-order chi connectivity index (χ0) is 14.5. The van der Waals surface area contributed by atoms with Crippen LogP contribution in [0.3, 0.4) is 0 Å². The van der Waals surface area contributed by atoms with E-state index < -0.39 is 11.7 Å². The minimum atomic E-state index is -4.49. The SMILES string of the molecule is CN(C)CCCNc1ccc(C(F)(F)F)c(C#N)c1. The lowest BCUT2D eigenvalue weighted by Gasteiger charge is -2.13. The maximum atomic E-state index is 12.6. The Morgan fingerprint density at radius 1 is 1.32 bits per heavy atom. The van der Waals surface area contributed by atoms with Gasteiger partial charge in [-0.25, -0.2) is 0 Å². The van der Waals surface area contributed by atoms with Gasteiger partial charge in [0, 0.05) is 12.2 Å². The fraction of sp³-hybridized carbons (Fsp3) is 0.462. The van der Waals surface area contributed by atoms with E-state index in [-0.39, 0.29) is 5.56 Å². The Labute approximate surface area is 110 Å². The molecule has 0 saturated carbocycles. The van der Waals surface area contributed by atoms with Crippen LogP contribution in [0, 0.1) is 11.3 Å². The Morgan fingerprint density at radius 3 is 2.53 bits per heavy atom. The fourth-order valence-electron chi connectivity index (χ4n) is 1.62. The van der Waals surface area contributed by atoms with Crippen molar-refractivity contribution in [2.45, 2.75) is 12.6 Å². The van der Waals surface area contributed by atoms with Crippen LogP contribution < -0.4 is 5.32 Å². The van der Waals surface area contributed by atoms with Crippen LogP contribution >= 0.6 is 0 Å². The Hall–Kier alpha value is -1.74. The van der Waals surface area contributed by atoms with E-state index in [0.717, 1.165) is 19.0 Å². The molecule has 6 heteroatoms. The molecule has 0 saturated heterocycles. The largest absolute Gasteiger partial charge is 0.417 e. The first-order valence-corrected chi connectivity index (χ1v) is 5.84. The molecule has 1 aromatic rings. The van der Waals surface area contributed by atoms with Gasteiger partial charge in [-0.05, 0) is 45.3 Å². The molecule has 0 bridgehead atoms. The van der Waals surface area contributed by atoms with Crippen LogP contribution in [-0.4, -0.2) is 32.1 Å². The topological polar surface area (TPSA) is 39.1 Å². The van der Waals surface area contributed by atoms with Crippen molar-refractivity contribution in [2.24, 2.45) is 0 Å². The van der Waals surface area contributed by atoms with E-state index in [4.69, 9.17) is 5.26 Å². The predicted octanol–water partition coefficient (Wildman–Crippen LogP) is 2.94. The van der Waals surface area contributed by atoms with E-state index in [1.54, 1.807) is 6.07 Å². The molecule has 0 aliphatic rings. The second-order valence-corrected chi connectivity index (χ2v) is 4.45. The summed E-state index contributed by atoms with van der Waals surface area (Å²) in [7, 11) is 3.90. The highest BCUT2D eigenvalue weighted by Crippen LogP contribution is 2.32. The number of hydrogen-bond acceptors (Lipinski definition) is 3. The third-order valence-corrected chi connectivity index (χ3v) is 2.56. The molecule has 0 aliphatic heterocycles. The van der Waals surface area contributed by atoms with Crippen molar-refractivity contribution in [3.63, 3.8) is 0 Å². The van der Waals surface area contributed by atoms with Crippen molar-refractivity contribution >= 4 is 5.69 Å². The molecular formula is C13H16F3N3. The van der Waals surface area contributed by atoms with Crippen molar-refractivity contribution in [1.82, 2.24) is 4.90 Å². The van der Waals surface area contributed by atoms with Gasteiger partial charge in [0.05, 0.1) is 17.2 Å². The van der Waals surface area contributed by atoms with Gasteiger partial charge in [-0.2, -0.15) is 18.4 Å². The molecule has 1 N–H and O–H groups in total. The Balaban J connectivity index is 2.71. The molecule has 0 unspecified atom stereocenters. The standard InChI is InChI=1S/C13H16F3N3/c1-19(2)7-3-6-18-11-4-5-12(13(14,15)16)10(8-11)9-17/h4-5,8,18H,3,6-7H2,1-2H3. The van der Waals surface area contributed by atoms with Crippen LogP contribution in [0.15, 0.2) is 18.2 Å². The molecule has 0 aromatic heterocycles. The first kappa shape index (κ1) is 15.3. The van der Waals surface area contributed by atoms with Crippen LogP contribution in [0.5, 0.6) is 0 Å². The second-order valence-electron chi connectivity index (χ2n) is 4.45. The molecule has 19 heavy (non-hydrogen) atoms. The third kappa shape index (κ3) is 4.79. The molecule has 104 valence electrons. The first-order valence-electron chi connectivity index (χ1n) is 5.84. The number of nitrogens with one attached hydrogen (secondary N) is 1. The van der Waals surface area contributed by atoms with Gasteiger partial charge < -0.3 is 10.2 Å². The lowest BCUT2D eigenvalue weighted by molar-refractivity contribution is -0.137. The molecule has 0 amide bonds. The molecule has 0 radical (unpaired) electrons. The van der Waals surface area contributed by atoms with Crippen LogP contribution in [0.1, 0.15) is 17.5 Å². The summed E-state index contributed by atoms with van der Waals surface area (Å²) in [5, 5.41) is 11.8. The minimum absolute atomic E-state index is 0.356. The second kappa shape index (κ2) is 6.43. The highest BCUT2D eigenvalue weighted by atomic mass is 19.4. The van der Waals surface area contributed by atoms with Crippen molar-refractivity contribution in [2.75, 3.05) is 32.5 Å². The zero-order valence-electron chi connectivity index (χ0n) is 10.9. The summed E-state index contributed by atoms with van der Waals surface area (Å²) in [5.41, 5.74) is -0.720. The number of benzene rings is 1. The zero-order valence-corrected chi connectivity index (χ0v) is 10.9. The van der Waals surface area contributed by atoms with Gasteiger partial charge >= 0.3 is 6.18 Å². The number of alkyl halides is 3. The monoisotopic (exact) mass is 271 g/mol. The summed E-state index contributed by atoms with van der Waals surface area (Å²) < 4.78 is 37.8. The van der Waals surface area contributed by atoms with E-state index in [1.807, 2.05) is 19.0 Å². The van der Waals surface area contributed by atoms with E-state index >= 15 is 0 Å². The van der Waals surface area contributed by atoms with Gasteiger partial charge in [0.25, 0.3) is 0 Å². The lowest BCUT2D eigenvalue weighted by Crippen LogP contribution is -2.16. The average molecular weight is 271 g/mol. The molecule has 0 spiro atoms. The molecule has 3 nitrogen and oxygen atoms in total. The van der Waals surface area contributed by atoms with Gasteiger partial charge in [-0.15, -0.1) is 0 Å². The fourth-order valence-corrected chi connectivity index (χ4v) is 1.62. The van der Waals surface area contributed by atoms with E-state index in [2.05, 4.69) is 5.32 Å². The maximum Gasteiger partial charge on any atom is 0.417 e. The number of nitriles is 1. The van der Waals surface area contributed by atoms with Crippen LogP contribution in [-0.2, 0) is 6.18 Å². The molecule has 1 aromatic carbocycles. The maximum absolute atomic E-state index is 12.6. The summed E-state index contributed by atoms with van der Waals surface area (Å²) in [6, 6.07) is 5.10. The van der Waals surface area contributed by atoms with Crippen LogP contribution in [0.2, 0.25) is 0 Å². The quantitative estimate of drug-likeness (QED) is 0.837. The van der Waals surface area contributed by atoms with Crippen molar-refractivity contribution in [1.29, 1.82) is 5.26 Å². The van der Waals surface area contributed by atoms with Gasteiger partial charge in [-0.3, -0.25) is 0 Å². The highest BCUT2D eigenvalue weighted by Gasteiger charge is 2.33. The number of halogens is 3. The van der Waals surface area contributed by atoms with Gasteiger partial charge in [0.1, 0.15) is 0 Å². The highest BCUT2D eigenvalue weighted by molar-refractivity contribution is 5.53. The Kier molecular flexibility index (Phi) is 5.19. The number of nitrogens with zero attached hydrogens (tertiary/aromatic N) is 2. The van der Waals surface area contributed by atoms with E-state index in [1.165, 1.54) is 12.1 Å². The first-order chi connectivity index (χ1) is 8.84. The molecule has 0 atom stereocenters. The number of hydrogen-bond donors (Lipinski definition) is 1. The minimum Gasteiger partial charge on any atom is -0.385 e. The van der Waals surface area contributed by atoms with E-state index in [0.29, 0.717) is 12.2 Å². The van der Waals surface area contributed by atoms with Crippen LogP contribution in [0.25, 0.3) is 0 Å². The number of rotatable bonds is 5.